The Morgan fingerprint density at radius 1 is 1.30 bits per heavy atom. The van der Waals surface area contributed by atoms with E-state index in [0.717, 1.165) is 35.9 Å². The van der Waals surface area contributed by atoms with Crippen LogP contribution in [-0.2, 0) is 0 Å². The van der Waals surface area contributed by atoms with E-state index in [1.807, 2.05) is 29.2 Å². The smallest absolute Gasteiger partial charge is 0.404 e. The summed E-state index contributed by atoms with van der Waals surface area (Å²) in [4.78, 5) is 21.6. The van der Waals surface area contributed by atoms with Gasteiger partial charge in [-0.15, -0.1) is 0 Å². The molecule has 10 heteroatoms. The molecule has 140 valence electrons. The average molecular weight is 368 g/mol. The molecule has 1 aromatic carbocycles. The Labute approximate surface area is 154 Å². The SMILES string of the molecule is Nc1nc(-c2ccc3c(N)n[nH]c3c2)cc(N2CCC[C@@H](NC(=O)O)C2)n1. The van der Waals surface area contributed by atoms with E-state index in [9.17, 15) is 4.79 Å². The molecule has 1 amide bonds. The highest BCUT2D eigenvalue weighted by Crippen LogP contribution is 2.28. The molecule has 3 heterocycles. The lowest BCUT2D eigenvalue weighted by Gasteiger charge is -2.33. The fourth-order valence-corrected chi connectivity index (χ4v) is 3.44. The first-order valence-corrected chi connectivity index (χ1v) is 8.62. The van der Waals surface area contributed by atoms with Crippen LogP contribution in [0.3, 0.4) is 0 Å². The number of benzene rings is 1. The van der Waals surface area contributed by atoms with Crippen molar-refractivity contribution < 1.29 is 9.90 Å². The molecule has 1 saturated heterocycles. The number of hydrogen-bond acceptors (Lipinski definition) is 7. The summed E-state index contributed by atoms with van der Waals surface area (Å²) >= 11 is 0. The second-order valence-electron chi connectivity index (χ2n) is 6.57. The molecular formula is C17H20N8O2. The van der Waals surface area contributed by atoms with Gasteiger partial charge in [-0.05, 0) is 25.0 Å². The van der Waals surface area contributed by atoms with Gasteiger partial charge >= 0.3 is 6.09 Å². The normalized spacial score (nSPS) is 17.2. The van der Waals surface area contributed by atoms with Crippen molar-refractivity contribution in [2.24, 2.45) is 0 Å². The summed E-state index contributed by atoms with van der Waals surface area (Å²) in [6, 6.07) is 7.43. The lowest BCUT2D eigenvalue weighted by Crippen LogP contribution is -2.47. The van der Waals surface area contributed by atoms with E-state index in [4.69, 9.17) is 16.6 Å². The number of hydrogen-bond donors (Lipinski definition) is 5. The first kappa shape index (κ1) is 16.9. The number of piperidine rings is 1. The van der Waals surface area contributed by atoms with Gasteiger partial charge in [-0.2, -0.15) is 10.1 Å². The molecule has 2 aromatic heterocycles. The summed E-state index contributed by atoms with van der Waals surface area (Å²) in [5.74, 6) is 1.29. The van der Waals surface area contributed by atoms with Crippen molar-refractivity contribution in [2.75, 3.05) is 29.5 Å². The standard InChI is InChI=1S/C17H20N8O2/c18-15-11-4-3-9(6-13(11)23-24-15)12-7-14(22-16(19)21-12)25-5-1-2-10(8-25)20-17(26)27/h3-4,6-7,10,20H,1-2,5,8H2,(H,26,27)(H3,18,23,24)(H2,19,21,22)/t10-/m1/s1. The van der Waals surface area contributed by atoms with Gasteiger partial charge in [0, 0.05) is 36.1 Å². The fourth-order valence-electron chi connectivity index (χ4n) is 3.44. The van der Waals surface area contributed by atoms with Crippen LogP contribution in [0.4, 0.5) is 22.4 Å². The van der Waals surface area contributed by atoms with Crippen molar-refractivity contribution in [3.8, 4) is 11.3 Å². The maximum Gasteiger partial charge on any atom is 0.404 e. The molecule has 4 rings (SSSR count). The molecule has 0 aliphatic carbocycles. The highest BCUT2D eigenvalue weighted by Gasteiger charge is 2.23. The highest BCUT2D eigenvalue weighted by atomic mass is 16.4. The third-order valence-corrected chi connectivity index (χ3v) is 4.69. The number of aromatic amines is 1. The predicted molar refractivity (Wildman–Crippen MR) is 102 cm³/mol. The number of nitrogens with two attached hydrogens (primary N) is 2. The molecule has 0 unspecified atom stereocenters. The molecule has 1 aliphatic rings. The molecule has 0 spiro atoms. The second-order valence-corrected chi connectivity index (χ2v) is 6.57. The maximum absolute atomic E-state index is 10.9. The Hall–Kier alpha value is -3.56. The Morgan fingerprint density at radius 2 is 2.15 bits per heavy atom. The van der Waals surface area contributed by atoms with E-state index in [1.54, 1.807) is 0 Å². The number of carbonyl (C=O) groups is 1. The zero-order valence-corrected chi connectivity index (χ0v) is 14.5. The number of nitrogen functional groups attached to an aromatic ring is 2. The van der Waals surface area contributed by atoms with Crippen molar-refractivity contribution in [3.05, 3.63) is 24.3 Å². The van der Waals surface area contributed by atoms with E-state index < -0.39 is 6.09 Å². The number of amides is 1. The van der Waals surface area contributed by atoms with Crippen LogP contribution in [0.2, 0.25) is 0 Å². The molecule has 27 heavy (non-hydrogen) atoms. The van der Waals surface area contributed by atoms with Crippen LogP contribution in [0.15, 0.2) is 24.3 Å². The van der Waals surface area contributed by atoms with E-state index >= 15 is 0 Å². The van der Waals surface area contributed by atoms with Gasteiger partial charge < -0.3 is 26.8 Å². The van der Waals surface area contributed by atoms with Crippen LogP contribution < -0.4 is 21.7 Å². The van der Waals surface area contributed by atoms with E-state index in [2.05, 4.69) is 25.5 Å². The Morgan fingerprint density at radius 3 is 2.96 bits per heavy atom. The van der Waals surface area contributed by atoms with Gasteiger partial charge in [0.05, 0.1) is 11.2 Å². The minimum Gasteiger partial charge on any atom is -0.465 e. The lowest BCUT2D eigenvalue weighted by molar-refractivity contribution is 0.188. The third kappa shape index (κ3) is 3.41. The van der Waals surface area contributed by atoms with Gasteiger partial charge in [-0.1, -0.05) is 6.07 Å². The third-order valence-electron chi connectivity index (χ3n) is 4.69. The summed E-state index contributed by atoms with van der Waals surface area (Å²) in [5.41, 5.74) is 14.1. The molecular weight excluding hydrogens is 348 g/mol. The predicted octanol–water partition coefficient (Wildman–Crippen LogP) is 1.42. The van der Waals surface area contributed by atoms with Gasteiger partial charge in [0.2, 0.25) is 5.95 Å². The highest BCUT2D eigenvalue weighted by molar-refractivity contribution is 5.91. The van der Waals surface area contributed by atoms with Crippen molar-refractivity contribution in [3.63, 3.8) is 0 Å². The van der Waals surface area contributed by atoms with Gasteiger partial charge in [-0.3, -0.25) is 5.10 Å². The van der Waals surface area contributed by atoms with Crippen LogP contribution in [0.1, 0.15) is 12.8 Å². The summed E-state index contributed by atoms with van der Waals surface area (Å²) in [6.45, 7) is 1.32. The molecule has 10 nitrogen and oxygen atoms in total. The lowest BCUT2D eigenvalue weighted by atomic mass is 10.1. The molecule has 0 saturated carbocycles. The van der Waals surface area contributed by atoms with Gasteiger partial charge in [0.15, 0.2) is 5.82 Å². The van der Waals surface area contributed by atoms with E-state index in [-0.39, 0.29) is 12.0 Å². The van der Waals surface area contributed by atoms with Crippen molar-refractivity contribution >= 4 is 34.6 Å². The van der Waals surface area contributed by atoms with Crippen LogP contribution in [-0.4, -0.2) is 50.5 Å². The first-order valence-electron chi connectivity index (χ1n) is 8.62. The van der Waals surface area contributed by atoms with Crippen LogP contribution >= 0.6 is 0 Å². The van der Waals surface area contributed by atoms with E-state index in [0.29, 0.717) is 23.9 Å². The summed E-state index contributed by atoms with van der Waals surface area (Å²) in [5, 5.41) is 19.2. The van der Waals surface area contributed by atoms with Crippen LogP contribution in [0.5, 0.6) is 0 Å². The van der Waals surface area contributed by atoms with Gasteiger partial charge in [0.1, 0.15) is 5.82 Å². The zero-order chi connectivity index (χ0) is 19.0. The van der Waals surface area contributed by atoms with Crippen LogP contribution in [0.25, 0.3) is 22.2 Å². The molecule has 3 aromatic rings. The number of H-pyrrole nitrogens is 1. The van der Waals surface area contributed by atoms with Gasteiger partial charge in [-0.25, -0.2) is 9.78 Å². The Kier molecular flexibility index (Phi) is 4.15. The topological polar surface area (TPSA) is 159 Å². The molecule has 1 aliphatic heterocycles. The fraction of sp³-hybridized carbons (Fsp3) is 0.294. The Bertz CT molecular complexity index is 1000. The minimum absolute atomic E-state index is 0.139. The summed E-state index contributed by atoms with van der Waals surface area (Å²) in [7, 11) is 0. The Balaban J connectivity index is 1.65. The molecule has 7 N–H and O–H groups in total. The molecule has 1 atom stereocenters. The molecule has 0 bridgehead atoms. The second kappa shape index (κ2) is 6.63. The number of nitrogens with zero attached hydrogens (tertiary/aromatic N) is 4. The molecule has 0 radical (unpaired) electrons. The maximum atomic E-state index is 10.9. The summed E-state index contributed by atoms with van der Waals surface area (Å²) < 4.78 is 0. The number of aromatic nitrogens is 4. The monoisotopic (exact) mass is 368 g/mol. The molecule has 1 fully saturated rings. The van der Waals surface area contributed by atoms with Crippen molar-refractivity contribution in [1.82, 2.24) is 25.5 Å². The van der Waals surface area contributed by atoms with Crippen molar-refractivity contribution in [1.29, 1.82) is 0 Å². The largest absolute Gasteiger partial charge is 0.465 e. The van der Waals surface area contributed by atoms with Gasteiger partial charge in [0.25, 0.3) is 0 Å². The minimum atomic E-state index is -1.02. The van der Waals surface area contributed by atoms with Crippen LogP contribution in [0, 0.1) is 0 Å². The number of fused-ring (bicyclic) bond motifs is 1. The number of rotatable bonds is 3. The number of carboxylic acid groups (broad SMARTS) is 1. The quantitative estimate of drug-likeness (QED) is 0.464. The number of nitrogens with one attached hydrogen (secondary N) is 2. The zero-order valence-electron chi connectivity index (χ0n) is 14.5. The number of anilines is 3. The average Bonchev–Trinajstić information content (AvgIpc) is 3.01. The first-order chi connectivity index (χ1) is 13.0. The summed E-state index contributed by atoms with van der Waals surface area (Å²) in [6.07, 6.45) is 0.648. The van der Waals surface area contributed by atoms with Crippen molar-refractivity contribution in [2.45, 2.75) is 18.9 Å². The van der Waals surface area contributed by atoms with E-state index in [1.165, 1.54) is 0 Å².